The summed E-state index contributed by atoms with van der Waals surface area (Å²) in [5.41, 5.74) is 7.01. The maximum atomic E-state index is 12.8. The molecule has 1 fully saturated rings. The molecule has 3 unspecified atom stereocenters. The van der Waals surface area contributed by atoms with Crippen LogP contribution in [0.4, 0.5) is 4.39 Å². The van der Waals surface area contributed by atoms with E-state index in [2.05, 4.69) is 13.8 Å². The largest absolute Gasteiger partial charge is 0.376 e. The standard InChI is InChI=1S/C16H24FNO/c1-11-7-12(2)9-15(8-11)19-10-16(18)13-3-5-14(17)6-4-13/h3-6,11-12,15-16H,7-10,18H2,1-2H3. The van der Waals surface area contributed by atoms with Crippen LogP contribution in [0.5, 0.6) is 0 Å². The van der Waals surface area contributed by atoms with Crippen molar-refractivity contribution in [2.45, 2.75) is 45.3 Å². The number of halogens is 1. The van der Waals surface area contributed by atoms with Crippen LogP contribution in [0.3, 0.4) is 0 Å². The van der Waals surface area contributed by atoms with Crippen LogP contribution in [-0.2, 0) is 4.74 Å². The molecule has 19 heavy (non-hydrogen) atoms. The number of ether oxygens (including phenoxy) is 1. The van der Waals surface area contributed by atoms with E-state index < -0.39 is 0 Å². The third-order valence-electron chi connectivity index (χ3n) is 3.94. The molecule has 0 radical (unpaired) electrons. The Balaban J connectivity index is 1.83. The van der Waals surface area contributed by atoms with Crippen molar-refractivity contribution < 1.29 is 9.13 Å². The first-order valence-electron chi connectivity index (χ1n) is 7.17. The van der Waals surface area contributed by atoms with Crippen molar-refractivity contribution in [3.8, 4) is 0 Å². The Bertz CT molecular complexity index is 382. The Kier molecular flexibility index (Phi) is 4.94. The van der Waals surface area contributed by atoms with Gasteiger partial charge in [0.15, 0.2) is 0 Å². The summed E-state index contributed by atoms with van der Waals surface area (Å²) in [5.74, 6) is 1.23. The first-order chi connectivity index (χ1) is 9.04. The fourth-order valence-electron chi connectivity index (χ4n) is 3.06. The quantitative estimate of drug-likeness (QED) is 0.901. The van der Waals surface area contributed by atoms with E-state index in [1.807, 2.05) is 0 Å². The van der Waals surface area contributed by atoms with Crippen LogP contribution in [-0.4, -0.2) is 12.7 Å². The summed E-state index contributed by atoms with van der Waals surface area (Å²) in [4.78, 5) is 0. The zero-order chi connectivity index (χ0) is 13.8. The zero-order valence-corrected chi connectivity index (χ0v) is 11.8. The van der Waals surface area contributed by atoms with Gasteiger partial charge in [-0.1, -0.05) is 26.0 Å². The van der Waals surface area contributed by atoms with E-state index in [1.54, 1.807) is 12.1 Å². The lowest BCUT2D eigenvalue weighted by Crippen LogP contribution is -2.29. The molecule has 1 saturated carbocycles. The zero-order valence-electron chi connectivity index (χ0n) is 11.8. The molecule has 2 nitrogen and oxygen atoms in total. The summed E-state index contributed by atoms with van der Waals surface area (Å²) in [6.07, 6.45) is 3.87. The molecule has 1 aromatic rings. The monoisotopic (exact) mass is 265 g/mol. The number of nitrogens with two attached hydrogens (primary N) is 1. The van der Waals surface area contributed by atoms with Crippen LogP contribution >= 0.6 is 0 Å². The normalized spacial score (nSPS) is 29.2. The molecule has 0 bridgehead atoms. The van der Waals surface area contributed by atoms with Gasteiger partial charge >= 0.3 is 0 Å². The Morgan fingerprint density at radius 1 is 1.16 bits per heavy atom. The minimum atomic E-state index is -0.230. The highest BCUT2D eigenvalue weighted by molar-refractivity contribution is 5.19. The molecule has 0 aromatic heterocycles. The van der Waals surface area contributed by atoms with E-state index in [-0.39, 0.29) is 11.9 Å². The molecule has 3 heteroatoms. The number of benzene rings is 1. The molecule has 0 amide bonds. The first kappa shape index (κ1) is 14.5. The van der Waals surface area contributed by atoms with Gasteiger partial charge in [-0.2, -0.15) is 0 Å². The highest BCUT2D eigenvalue weighted by Gasteiger charge is 2.24. The number of hydrogen-bond donors (Lipinski definition) is 1. The first-order valence-corrected chi connectivity index (χ1v) is 7.17. The molecule has 0 saturated heterocycles. The molecule has 0 aliphatic heterocycles. The van der Waals surface area contributed by atoms with E-state index in [0.29, 0.717) is 12.7 Å². The van der Waals surface area contributed by atoms with Crippen molar-refractivity contribution in [2.24, 2.45) is 17.6 Å². The van der Waals surface area contributed by atoms with Crippen molar-refractivity contribution in [1.82, 2.24) is 0 Å². The summed E-state index contributed by atoms with van der Waals surface area (Å²) < 4.78 is 18.8. The lowest BCUT2D eigenvalue weighted by molar-refractivity contribution is -0.00527. The van der Waals surface area contributed by atoms with E-state index in [1.165, 1.54) is 18.6 Å². The maximum Gasteiger partial charge on any atom is 0.123 e. The molecule has 0 heterocycles. The highest BCUT2D eigenvalue weighted by Crippen LogP contribution is 2.30. The SMILES string of the molecule is CC1CC(C)CC(OCC(N)c2ccc(F)cc2)C1. The van der Waals surface area contributed by atoms with Gasteiger partial charge in [0, 0.05) is 0 Å². The third kappa shape index (κ3) is 4.29. The Morgan fingerprint density at radius 2 is 1.74 bits per heavy atom. The van der Waals surface area contributed by atoms with Crippen LogP contribution in [0.2, 0.25) is 0 Å². The van der Waals surface area contributed by atoms with Crippen molar-refractivity contribution in [1.29, 1.82) is 0 Å². The molecule has 0 spiro atoms. The van der Waals surface area contributed by atoms with Crippen LogP contribution < -0.4 is 5.73 Å². The van der Waals surface area contributed by atoms with Crippen molar-refractivity contribution >= 4 is 0 Å². The lowest BCUT2D eigenvalue weighted by atomic mass is 9.82. The van der Waals surface area contributed by atoms with Crippen LogP contribution in [0.1, 0.15) is 44.7 Å². The minimum absolute atomic E-state index is 0.173. The second kappa shape index (κ2) is 6.49. The third-order valence-corrected chi connectivity index (χ3v) is 3.94. The van der Waals surface area contributed by atoms with Gasteiger partial charge in [-0.3, -0.25) is 0 Å². The average molecular weight is 265 g/mol. The highest BCUT2D eigenvalue weighted by atomic mass is 19.1. The van der Waals surface area contributed by atoms with Gasteiger partial charge in [0.05, 0.1) is 18.8 Å². The molecular formula is C16H24FNO. The summed E-state index contributed by atoms with van der Waals surface area (Å²) in [6.45, 7) is 5.08. The minimum Gasteiger partial charge on any atom is -0.376 e. The van der Waals surface area contributed by atoms with E-state index in [4.69, 9.17) is 10.5 Å². The predicted molar refractivity (Wildman–Crippen MR) is 75.2 cm³/mol. The average Bonchev–Trinajstić information content (AvgIpc) is 2.36. The van der Waals surface area contributed by atoms with Gasteiger partial charge in [-0.05, 0) is 48.8 Å². The molecule has 1 aromatic carbocycles. The van der Waals surface area contributed by atoms with Crippen LogP contribution in [0, 0.1) is 17.7 Å². The van der Waals surface area contributed by atoms with E-state index >= 15 is 0 Å². The Hall–Kier alpha value is -0.930. The number of rotatable bonds is 4. The lowest BCUT2D eigenvalue weighted by Gasteiger charge is -2.32. The van der Waals surface area contributed by atoms with Gasteiger partial charge in [0.2, 0.25) is 0 Å². The van der Waals surface area contributed by atoms with Crippen molar-refractivity contribution in [3.63, 3.8) is 0 Å². The maximum absolute atomic E-state index is 12.8. The van der Waals surface area contributed by atoms with Crippen LogP contribution in [0.15, 0.2) is 24.3 Å². The molecule has 1 aliphatic carbocycles. The summed E-state index contributed by atoms with van der Waals surface area (Å²) in [7, 11) is 0. The number of hydrogen-bond acceptors (Lipinski definition) is 2. The Morgan fingerprint density at radius 3 is 2.32 bits per heavy atom. The van der Waals surface area contributed by atoms with Gasteiger partial charge < -0.3 is 10.5 Å². The molecule has 3 atom stereocenters. The summed E-state index contributed by atoms with van der Waals surface area (Å²) in [6, 6.07) is 6.18. The Labute approximate surface area is 115 Å². The predicted octanol–water partition coefficient (Wildman–Crippen LogP) is 3.67. The van der Waals surface area contributed by atoms with Gasteiger partial charge in [-0.15, -0.1) is 0 Å². The van der Waals surface area contributed by atoms with E-state index in [9.17, 15) is 4.39 Å². The van der Waals surface area contributed by atoms with Crippen LogP contribution in [0.25, 0.3) is 0 Å². The molecule has 106 valence electrons. The summed E-state index contributed by atoms with van der Waals surface area (Å²) in [5, 5.41) is 0. The smallest absolute Gasteiger partial charge is 0.123 e. The molecule has 2 N–H and O–H groups in total. The van der Waals surface area contributed by atoms with Crippen molar-refractivity contribution in [3.05, 3.63) is 35.6 Å². The van der Waals surface area contributed by atoms with Gasteiger partial charge in [-0.25, -0.2) is 4.39 Å². The molecule has 2 rings (SSSR count). The fourth-order valence-corrected chi connectivity index (χ4v) is 3.06. The molecule has 1 aliphatic rings. The second-order valence-corrected chi connectivity index (χ2v) is 6.03. The van der Waals surface area contributed by atoms with Crippen molar-refractivity contribution in [2.75, 3.05) is 6.61 Å². The molecular weight excluding hydrogens is 241 g/mol. The second-order valence-electron chi connectivity index (χ2n) is 6.03. The summed E-state index contributed by atoms with van der Waals surface area (Å²) >= 11 is 0. The van der Waals surface area contributed by atoms with Gasteiger partial charge in [0.25, 0.3) is 0 Å². The fraction of sp³-hybridized carbons (Fsp3) is 0.625. The van der Waals surface area contributed by atoms with E-state index in [0.717, 1.165) is 30.2 Å². The topological polar surface area (TPSA) is 35.2 Å². The van der Waals surface area contributed by atoms with Gasteiger partial charge in [0.1, 0.15) is 5.82 Å².